The fraction of sp³-hybridized carbons (Fsp3) is 0.650. The molecule has 2 rings (SSSR count). The van der Waals surface area contributed by atoms with E-state index in [-0.39, 0.29) is 17.8 Å². The number of benzene rings is 1. The van der Waals surface area contributed by atoms with Gasteiger partial charge in [0.2, 0.25) is 5.91 Å². The molecule has 0 spiro atoms. The highest BCUT2D eigenvalue weighted by molar-refractivity contribution is 5.81. The molecule has 0 radical (unpaired) electrons. The van der Waals surface area contributed by atoms with Crippen LogP contribution in [0.4, 0.5) is 4.39 Å². The summed E-state index contributed by atoms with van der Waals surface area (Å²) in [6, 6.07) is 6.37. The molecule has 1 saturated heterocycles. The van der Waals surface area contributed by atoms with Gasteiger partial charge in [-0.1, -0.05) is 12.1 Å². The molecule has 0 aliphatic carbocycles. The van der Waals surface area contributed by atoms with E-state index in [1.807, 2.05) is 6.92 Å². The second-order valence-electron chi connectivity index (χ2n) is 7.41. The third kappa shape index (κ3) is 6.75. The lowest BCUT2D eigenvalue weighted by Gasteiger charge is -2.35. The molecule has 1 aliphatic rings. The van der Waals surface area contributed by atoms with E-state index >= 15 is 0 Å². The van der Waals surface area contributed by atoms with E-state index in [1.165, 1.54) is 31.4 Å². The molecule has 1 aromatic rings. The van der Waals surface area contributed by atoms with Crippen LogP contribution in [-0.4, -0.2) is 62.0 Å². The van der Waals surface area contributed by atoms with Crippen LogP contribution in [0.15, 0.2) is 24.3 Å². The molecule has 1 heterocycles. The Morgan fingerprint density at radius 1 is 1.28 bits per heavy atom. The molecule has 1 aromatic carbocycles. The highest BCUT2D eigenvalue weighted by atomic mass is 19.1. The highest BCUT2D eigenvalue weighted by Gasteiger charge is 2.26. The zero-order valence-corrected chi connectivity index (χ0v) is 15.8. The molecule has 0 aromatic heterocycles. The van der Waals surface area contributed by atoms with Gasteiger partial charge in [-0.25, -0.2) is 4.39 Å². The maximum absolute atomic E-state index is 12.9. The molecule has 0 saturated carbocycles. The average Bonchev–Trinajstić information content (AvgIpc) is 2.61. The van der Waals surface area contributed by atoms with Crippen LogP contribution < -0.4 is 5.32 Å². The number of likely N-dealkylation sites (tertiary alicyclic amines) is 1. The minimum absolute atomic E-state index is 0.0805. The smallest absolute Gasteiger partial charge is 0.237 e. The predicted octanol–water partition coefficient (Wildman–Crippen LogP) is 2.54. The Hall–Kier alpha value is -1.46. The molecular formula is C20H32FN3O. The highest BCUT2D eigenvalue weighted by Crippen LogP contribution is 2.22. The minimum Gasteiger partial charge on any atom is -0.354 e. The SMILES string of the molecule is CC(C(=O)NCCc1ccc(F)cc1)N1CCC(CCN(C)C)CC1. The largest absolute Gasteiger partial charge is 0.354 e. The zero-order chi connectivity index (χ0) is 18.2. The van der Waals surface area contributed by atoms with Crippen molar-refractivity contribution >= 4 is 5.91 Å². The molecule has 1 unspecified atom stereocenters. The molecule has 25 heavy (non-hydrogen) atoms. The molecule has 4 nitrogen and oxygen atoms in total. The maximum atomic E-state index is 12.9. The first-order chi connectivity index (χ1) is 12.0. The van der Waals surface area contributed by atoms with Crippen LogP contribution in [0.25, 0.3) is 0 Å². The normalized spacial score (nSPS) is 17.6. The van der Waals surface area contributed by atoms with E-state index in [0.717, 1.165) is 37.5 Å². The van der Waals surface area contributed by atoms with Gasteiger partial charge in [0, 0.05) is 6.54 Å². The molecule has 1 atom stereocenters. The quantitative estimate of drug-likeness (QED) is 0.783. The first-order valence-corrected chi connectivity index (χ1v) is 9.36. The van der Waals surface area contributed by atoms with Crippen LogP contribution in [0, 0.1) is 11.7 Å². The monoisotopic (exact) mass is 349 g/mol. The van der Waals surface area contributed by atoms with E-state index in [1.54, 1.807) is 12.1 Å². The number of nitrogens with one attached hydrogen (secondary N) is 1. The van der Waals surface area contributed by atoms with Gasteiger partial charge in [0.15, 0.2) is 0 Å². The topological polar surface area (TPSA) is 35.6 Å². The second kappa shape index (κ2) is 9.88. The lowest BCUT2D eigenvalue weighted by molar-refractivity contribution is -0.126. The molecule has 1 fully saturated rings. The number of carbonyl (C=O) groups excluding carboxylic acids is 1. The van der Waals surface area contributed by atoms with Crippen molar-refractivity contribution in [2.24, 2.45) is 5.92 Å². The summed E-state index contributed by atoms with van der Waals surface area (Å²) in [6.07, 6.45) is 4.34. The summed E-state index contributed by atoms with van der Waals surface area (Å²) >= 11 is 0. The van der Waals surface area contributed by atoms with Crippen molar-refractivity contribution in [3.63, 3.8) is 0 Å². The lowest BCUT2D eigenvalue weighted by Crippen LogP contribution is -2.48. The van der Waals surface area contributed by atoms with Gasteiger partial charge in [0.1, 0.15) is 5.82 Å². The Balaban J connectivity index is 1.67. The van der Waals surface area contributed by atoms with Gasteiger partial charge in [-0.3, -0.25) is 9.69 Å². The lowest BCUT2D eigenvalue weighted by atomic mass is 9.92. The fourth-order valence-electron chi connectivity index (χ4n) is 3.36. The number of carbonyl (C=O) groups is 1. The van der Waals surface area contributed by atoms with Gasteiger partial charge >= 0.3 is 0 Å². The standard InChI is InChI=1S/C20H32FN3O/c1-16(24-14-10-18(11-15-24)9-13-23(2)3)20(25)22-12-8-17-4-6-19(21)7-5-17/h4-7,16,18H,8-15H2,1-3H3,(H,22,25). The zero-order valence-electron chi connectivity index (χ0n) is 15.8. The Labute approximate surface area is 151 Å². The summed E-state index contributed by atoms with van der Waals surface area (Å²) in [7, 11) is 4.24. The molecule has 5 heteroatoms. The number of hydrogen-bond donors (Lipinski definition) is 1. The van der Waals surface area contributed by atoms with Gasteiger partial charge in [0.05, 0.1) is 6.04 Å². The molecular weight excluding hydrogens is 317 g/mol. The van der Waals surface area contributed by atoms with Crippen molar-refractivity contribution in [1.82, 2.24) is 15.1 Å². The summed E-state index contributed by atoms with van der Waals surface area (Å²) in [5.41, 5.74) is 1.04. The fourth-order valence-corrected chi connectivity index (χ4v) is 3.36. The van der Waals surface area contributed by atoms with Crippen molar-refractivity contribution in [1.29, 1.82) is 0 Å². The average molecular weight is 349 g/mol. The van der Waals surface area contributed by atoms with E-state index in [9.17, 15) is 9.18 Å². The summed E-state index contributed by atoms with van der Waals surface area (Å²) in [5.74, 6) is 0.650. The van der Waals surface area contributed by atoms with Gasteiger partial charge in [-0.05, 0) is 90.0 Å². The van der Waals surface area contributed by atoms with Crippen molar-refractivity contribution in [2.75, 3.05) is 40.3 Å². The molecule has 1 aliphatic heterocycles. The Morgan fingerprint density at radius 2 is 1.92 bits per heavy atom. The molecule has 0 bridgehead atoms. The van der Waals surface area contributed by atoms with Crippen molar-refractivity contribution in [2.45, 2.75) is 38.6 Å². The summed E-state index contributed by atoms with van der Waals surface area (Å²) in [6.45, 7) is 5.74. The third-order valence-corrected chi connectivity index (χ3v) is 5.19. The van der Waals surface area contributed by atoms with Gasteiger partial charge in [0.25, 0.3) is 0 Å². The minimum atomic E-state index is -0.226. The second-order valence-corrected chi connectivity index (χ2v) is 7.41. The third-order valence-electron chi connectivity index (χ3n) is 5.19. The van der Waals surface area contributed by atoms with E-state index < -0.39 is 0 Å². The van der Waals surface area contributed by atoms with Crippen LogP contribution in [0.1, 0.15) is 31.7 Å². The number of nitrogens with zero attached hydrogens (tertiary/aromatic N) is 2. The van der Waals surface area contributed by atoms with Crippen LogP contribution in [-0.2, 0) is 11.2 Å². The maximum Gasteiger partial charge on any atom is 0.237 e. The van der Waals surface area contributed by atoms with E-state index in [0.29, 0.717) is 6.54 Å². The van der Waals surface area contributed by atoms with Crippen LogP contribution in [0.5, 0.6) is 0 Å². The van der Waals surface area contributed by atoms with Crippen LogP contribution in [0.3, 0.4) is 0 Å². The number of piperidine rings is 1. The first kappa shape index (κ1) is 19.9. The van der Waals surface area contributed by atoms with Crippen molar-refractivity contribution in [3.05, 3.63) is 35.6 Å². The Kier molecular flexibility index (Phi) is 7.85. The number of hydrogen-bond acceptors (Lipinski definition) is 3. The van der Waals surface area contributed by atoms with Crippen LogP contribution in [0.2, 0.25) is 0 Å². The first-order valence-electron chi connectivity index (χ1n) is 9.36. The Bertz CT molecular complexity index is 524. The molecule has 1 amide bonds. The number of amides is 1. The summed E-state index contributed by atoms with van der Waals surface area (Å²) in [4.78, 5) is 16.9. The Morgan fingerprint density at radius 3 is 2.52 bits per heavy atom. The number of halogens is 1. The molecule has 140 valence electrons. The summed E-state index contributed by atoms with van der Waals surface area (Å²) in [5, 5.41) is 3.01. The summed E-state index contributed by atoms with van der Waals surface area (Å²) < 4.78 is 12.9. The van der Waals surface area contributed by atoms with Crippen molar-refractivity contribution in [3.8, 4) is 0 Å². The van der Waals surface area contributed by atoms with Gasteiger partial charge < -0.3 is 10.2 Å². The van der Waals surface area contributed by atoms with Gasteiger partial charge in [-0.2, -0.15) is 0 Å². The van der Waals surface area contributed by atoms with Crippen LogP contribution >= 0.6 is 0 Å². The van der Waals surface area contributed by atoms with Gasteiger partial charge in [-0.15, -0.1) is 0 Å². The van der Waals surface area contributed by atoms with E-state index in [4.69, 9.17) is 0 Å². The predicted molar refractivity (Wildman–Crippen MR) is 100 cm³/mol. The molecule has 1 N–H and O–H groups in total. The van der Waals surface area contributed by atoms with Crippen molar-refractivity contribution < 1.29 is 9.18 Å². The van der Waals surface area contributed by atoms with E-state index in [2.05, 4.69) is 29.2 Å². The number of rotatable bonds is 8.